The predicted octanol–water partition coefficient (Wildman–Crippen LogP) is 1.36. The average Bonchev–Trinajstić information content (AvgIpc) is 3.51. The van der Waals surface area contributed by atoms with Gasteiger partial charge in [0.05, 0.1) is 17.8 Å². The van der Waals surface area contributed by atoms with Crippen LogP contribution in [0, 0.1) is 34.5 Å². The van der Waals surface area contributed by atoms with Gasteiger partial charge in [-0.25, -0.2) is 4.79 Å². The molecule has 11 nitrogen and oxygen atoms in total. The monoisotopic (exact) mass is 608 g/mol. The first-order valence-corrected chi connectivity index (χ1v) is 16.1. The lowest BCUT2D eigenvalue weighted by molar-refractivity contribution is -0.318. The van der Waals surface area contributed by atoms with E-state index in [4.69, 9.17) is 18.9 Å². The molecule has 2 heterocycles. The summed E-state index contributed by atoms with van der Waals surface area (Å²) in [6, 6.07) is 0. The van der Waals surface area contributed by atoms with Crippen molar-refractivity contribution in [2.75, 3.05) is 13.2 Å². The molecule has 11 heteroatoms. The fourth-order valence-electron chi connectivity index (χ4n) is 10.2. The zero-order chi connectivity index (χ0) is 30.9. The van der Waals surface area contributed by atoms with E-state index in [1.165, 1.54) is 0 Å². The van der Waals surface area contributed by atoms with Crippen molar-refractivity contribution >= 4 is 11.9 Å². The first-order valence-electron chi connectivity index (χ1n) is 16.1. The minimum atomic E-state index is -1.51. The topological polar surface area (TPSA) is 172 Å². The van der Waals surface area contributed by atoms with E-state index in [0.717, 1.165) is 31.3 Å². The maximum Gasteiger partial charge on any atom is 0.331 e. The second-order valence-electron chi connectivity index (χ2n) is 14.5. The van der Waals surface area contributed by atoms with Crippen LogP contribution < -0.4 is 0 Å². The fourth-order valence-corrected chi connectivity index (χ4v) is 10.2. The molecule has 6 aliphatic rings. The van der Waals surface area contributed by atoms with Crippen LogP contribution in [0.2, 0.25) is 0 Å². The standard InChI is InChI=1S/C32H48O11/c1-4-23(34)41-15-22-26(36)27(37)28(38)29(43-22)42-18-7-9-30(2)17(12-18)5-6-20-25(30)21(33)13-31(3)19(8-10-32(20,31)39)16-11-24(35)40-14-16/h11,17-22,25-29,33,36-39H,4-10,12-15H2,1-3H3. The Bertz CT molecular complexity index is 1130. The largest absolute Gasteiger partial charge is 0.463 e. The highest BCUT2D eigenvalue weighted by Crippen LogP contribution is 2.70. The molecule has 0 amide bonds. The van der Waals surface area contributed by atoms with Crippen molar-refractivity contribution < 1.29 is 54.1 Å². The van der Waals surface area contributed by atoms with Crippen LogP contribution >= 0.6 is 0 Å². The van der Waals surface area contributed by atoms with E-state index >= 15 is 0 Å². The van der Waals surface area contributed by atoms with Gasteiger partial charge in [-0.2, -0.15) is 0 Å². The molecule has 1 saturated heterocycles. The first-order chi connectivity index (χ1) is 20.3. The molecule has 5 N–H and O–H groups in total. The van der Waals surface area contributed by atoms with E-state index in [-0.39, 0.29) is 60.8 Å². The molecule has 4 saturated carbocycles. The summed E-state index contributed by atoms with van der Waals surface area (Å²) in [5, 5.41) is 55.7. The number of ether oxygens (including phenoxy) is 4. The summed E-state index contributed by atoms with van der Waals surface area (Å²) in [5.74, 6) is -0.713. The van der Waals surface area contributed by atoms with Crippen LogP contribution in [0.1, 0.15) is 78.6 Å². The van der Waals surface area contributed by atoms with E-state index in [1.807, 2.05) is 0 Å². The molecular weight excluding hydrogens is 560 g/mol. The number of fused-ring (bicyclic) bond motifs is 5. The summed E-state index contributed by atoms with van der Waals surface area (Å²) >= 11 is 0. The SMILES string of the molecule is CCC(=O)OCC1OC(OC2CCC3(C)C(CCC4C3C(O)CC3(C)C(C5=CC(=O)OC5)CCC43O)C2)C(O)C(O)C1O. The molecule has 0 bridgehead atoms. The van der Waals surface area contributed by atoms with Crippen molar-refractivity contribution in [1.29, 1.82) is 0 Å². The minimum absolute atomic E-state index is 0.000625. The Morgan fingerprint density at radius 3 is 2.51 bits per heavy atom. The fraction of sp³-hybridized carbons (Fsp3) is 0.875. The molecule has 14 atom stereocenters. The molecule has 5 fully saturated rings. The summed E-state index contributed by atoms with van der Waals surface area (Å²) in [6.07, 6.45) is -0.145. The van der Waals surface area contributed by atoms with Crippen LogP contribution in [0.3, 0.4) is 0 Å². The van der Waals surface area contributed by atoms with Crippen molar-refractivity contribution in [3.8, 4) is 0 Å². The second kappa shape index (κ2) is 11.3. The van der Waals surface area contributed by atoms with Gasteiger partial charge in [-0.3, -0.25) is 4.79 Å². The van der Waals surface area contributed by atoms with Gasteiger partial charge in [0.25, 0.3) is 0 Å². The lowest BCUT2D eigenvalue weighted by Crippen LogP contribution is -2.66. The number of aliphatic hydroxyl groups is 5. The third-order valence-electron chi connectivity index (χ3n) is 12.6. The van der Waals surface area contributed by atoms with E-state index in [9.17, 15) is 35.1 Å². The number of carbonyl (C=O) groups is 2. The number of hydrogen-bond donors (Lipinski definition) is 5. The van der Waals surface area contributed by atoms with Crippen molar-refractivity contribution in [3.05, 3.63) is 11.6 Å². The van der Waals surface area contributed by atoms with E-state index in [0.29, 0.717) is 25.7 Å². The molecule has 4 aliphatic carbocycles. The Kier molecular flexibility index (Phi) is 8.27. The lowest BCUT2D eigenvalue weighted by atomic mass is 9.42. The van der Waals surface area contributed by atoms with E-state index in [2.05, 4.69) is 13.8 Å². The van der Waals surface area contributed by atoms with Crippen molar-refractivity contribution in [2.24, 2.45) is 34.5 Å². The maximum absolute atomic E-state index is 12.4. The smallest absolute Gasteiger partial charge is 0.331 e. The van der Waals surface area contributed by atoms with Crippen LogP contribution in [-0.4, -0.2) is 99.2 Å². The molecule has 0 aromatic rings. The summed E-state index contributed by atoms with van der Waals surface area (Å²) in [5.41, 5.74) is -0.773. The quantitative estimate of drug-likeness (QED) is 0.218. The van der Waals surface area contributed by atoms with Gasteiger partial charge in [-0.1, -0.05) is 20.8 Å². The molecule has 0 spiro atoms. The normalized spacial score (nSPS) is 51.1. The first kappa shape index (κ1) is 31.4. The molecule has 43 heavy (non-hydrogen) atoms. The number of cyclic esters (lactones) is 1. The number of carbonyl (C=O) groups excluding carboxylic acids is 2. The minimum Gasteiger partial charge on any atom is -0.463 e. The van der Waals surface area contributed by atoms with Gasteiger partial charge in [-0.05, 0) is 86.0 Å². The van der Waals surface area contributed by atoms with Crippen LogP contribution in [-0.2, 0) is 28.5 Å². The highest BCUT2D eigenvalue weighted by atomic mass is 16.7. The molecule has 0 aromatic heterocycles. The number of aliphatic hydroxyl groups excluding tert-OH is 4. The molecule has 242 valence electrons. The van der Waals surface area contributed by atoms with E-state index < -0.39 is 53.8 Å². The van der Waals surface area contributed by atoms with Gasteiger partial charge >= 0.3 is 11.9 Å². The Balaban J connectivity index is 1.15. The molecule has 0 radical (unpaired) electrons. The van der Waals surface area contributed by atoms with Gasteiger partial charge in [0.15, 0.2) is 6.29 Å². The van der Waals surface area contributed by atoms with Crippen LogP contribution in [0.15, 0.2) is 11.6 Å². The van der Waals surface area contributed by atoms with Crippen molar-refractivity contribution in [1.82, 2.24) is 0 Å². The number of hydrogen-bond acceptors (Lipinski definition) is 11. The summed E-state index contributed by atoms with van der Waals surface area (Å²) in [4.78, 5) is 23.5. The third-order valence-corrected chi connectivity index (χ3v) is 12.6. The zero-order valence-electron chi connectivity index (χ0n) is 25.4. The van der Waals surface area contributed by atoms with Crippen LogP contribution in [0.25, 0.3) is 0 Å². The highest BCUT2D eigenvalue weighted by molar-refractivity contribution is 5.85. The second-order valence-corrected chi connectivity index (χ2v) is 14.5. The van der Waals surface area contributed by atoms with Crippen LogP contribution in [0.4, 0.5) is 0 Å². The van der Waals surface area contributed by atoms with E-state index in [1.54, 1.807) is 13.0 Å². The maximum atomic E-state index is 12.4. The van der Waals surface area contributed by atoms with Crippen molar-refractivity contribution in [2.45, 2.75) is 127 Å². The zero-order valence-corrected chi connectivity index (χ0v) is 25.4. The van der Waals surface area contributed by atoms with Gasteiger partial charge in [0, 0.05) is 17.9 Å². The van der Waals surface area contributed by atoms with Crippen molar-refractivity contribution in [3.63, 3.8) is 0 Å². The molecule has 2 aliphatic heterocycles. The molecule has 0 aromatic carbocycles. The lowest BCUT2D eigenvalue weighted by Gasteiger charge is -2.65. The van der Waals surface area contributed by atoms with Gasteiger partial charge < -0.3 is 44.5 Å². The van der Waals surface area contributed by atoms with Gasteiger partial charge in [0.2, 0.25) is 0 Å². The summed E-state index contributed by atoms with van der Waals surface area (Å²) in [7, 11) is 0. The van der Waals surface area contributed by atoms with Gasteiger partial charge in [-0.15, -0.1) is 0 Å². The molecular formula is C32H48O11. The average molecular weight is 609 g/mol. The number of esters is 2. The highest BCUT2D eigenvalue weighted by Gasteiger charge is 2.70. The molecule has 6 rings (SSSR count). The summed E-state index contributed by atoms with van der Waals surface area (Å²) in [6.45, 7) is 5.98. The Labute approximate surface area is 252 Å². The van der Waals surface area contributed by atoms with Gasteiger partial charge in [0.1, 0.15) is 37.6 Å². The number of rotatable bonds is 6. The van der Waals surface area contributed by atoms with Crippen LogP contribution in [0.5, 0.6) is 0 Å². The third kappa shape index (κ3) is 4.98. The Morgan fingerprint density at radius 2 is 1.81 bits per heavy atom. The Morgan fingerprint density at radius 1 is 1.05 bits per heavy atom. The molecule has 14 unspecified atom stereocenters. The summed E-state index contributed by atoms with van der Waals surface area (Å²) < 4.78 is 22.4. The predicted molar refractivity (Wildman–Crippen MR) is 150 cm³/mol. The Hall–Kier alpha value is -1.60.